The van der Waals surface area contributed by atoms with Crippen molar-refractivity contribution in [2.24, 2.45) is 0 Å². The van der Waals surface area contributed by atoms with Crippen LogP contribution in [-0.4, -0.2) is 25.0 Å². The van der Waals surface area contributed by atoms with Crippen molar-refractivity contribution in [3.63, 3.8) is 0 Å². The van der Waals surface area contributed by atoms with Crippen molar-refractivity contribution in [1.29, 1.82) is 0 Å². The number of nitrogens with two attached hydrogens (primary N) is 1. The smallest absolute Gasteiger partial charge is 0.219 e. The molecule has 0 bridgehead atoms. The zero-order chi connectivity index (χ0) is 18.3. The van der Waals surface area contributed by atoms with Crippen molar-refractivity contribution < 1.29 is 13.2 Å². The first-order chi connectivity index (χ1) is 12.4. The van der Waals surface area contributed by atoms with Gasteiger partial charge in [0.2, 0.25) is 15.8 Å². The summed E-state index contributed by atoms with van der Waals surface area (Å²) in [5.74, 6) is 0.933. The van der Waals surface area contributed by atoms with E-state index in [1.54, 1.807) is 48.8 Å². The minimum atomic E-state index is -3.64. The Balaban J connectivity index is 1.80. The summed E-state index contributed by atoms with van der Waals surface area (Å²) in [4.78, 5) is 8.48. The molecule has 0 saturated carbocycles. The van der Waals surface area contributed by atoms with Crippen LogP contribution >= 0.6 is 0 Å². The molecule has 1 aromatic heterocycles. The Kier molecular flexibility index (Phi) is 3.88. The van der Waals surface area contributed by atoms with E-state index in [1.807, 2.05) is 6.92 Å². The summed E-state index contributed by atoms with van der Waals surface area (Å²) >= 11 is 0. The van der Waals surface area contributed by atoms with Gasteiger partial charge in [-0.05, 0) is 53.9 Å². The number of nitrogen functional groups attached to an aromatic ring is 1. The minimum absolute atomic E-state index is 0.176. The number of aromatic nitrogens is 2. The predicted octanol–water partition coefficient (Wildman–Crippen LogP) is 2.80. The number of anilines is 1. The van der Waals surface area contributed by atoms with E-state index in [2.05, 4.69) is 9.97 Å². The lowest BCUT2D eigenvalue weighted by Gasteiger charge is -2.11. The minimum Gasteiger partial charge on any atom is -0.493 e. The molecule has 3 aromatic rings. The highest BCUT2D eigenvalue weighted by molar-refractivity contribution is 7.91. The molecule has 7 heteroatoms. The van der Waals surface area contributed by atoms with Crippen LogP contribution in [0, 0.1) is 6.92 Å². The van der Waals surface area contributed by atoms with Gasteiger partial charge in [-0.3, -0.25) is 0 Å². The molecule has 6 nitrogen and oxygen atoms in total. The zero-order valence-corrected chi connectivity index (χ0v) is 15.0. The Morgan fingerprint density at radius 1 is 1.04 bits per heavy atom. The molecular weight excluding hydrogens is 350 g/mol. The summed E-state index contributed by atoms with van der Waals surface area (Å²) in [6.07, 6.45) is 3.90. The van der Waals surface area contributed by atoms with Gasteiger partial charge in [-0.15, -0.1) is 0 Å². The van der Waals surface area contributed by atoms with Gasteiger partial charge in [0.15, 0.2) is 0 Å². The first-order valence-corrected chi connectivity index (χ1v) is 9.63. The fourth-order valence-electron chi connectivity index (χ4n) is 3.02. The maximum Gasteiger partial charge on any atom is 0.219 e. The van der Waals surface area contributed by atoms with Gasteiger partial charge >= 0.3 is 0 Å². The molecule has 26 heavy (non-hydrogen) atoms. The standard InChI is InChI=1S/C19H17N3O3S/c1-12-2-3-16(9-17(12)14-10-21-19(20)22-11-14)26(23,24)15-4-5-18-13(8-15)6-7-25-18/h2-5,8-11H,6-7H2,1H3,(H2,20,21,22). The summed E-state index contributed by atoms with van der Waals surface area (Å²) in [5.41, 5.74) is 8.86. The van der Waals surface area contributed by atoms with E-state index < -0.39 is 9.84 Å². The van der Waals surface area contributed by atoms with Crippen LogP contribution in [0.4, 0.5) is 5.95 Å². The van der Waals surface area contributed by atoms with E-state index in [9.17, 15) is 8.42 Å². The summed E-state index contributed by atoms with van der Waals surface area (Å²) in [6, 6.07) is 10.1. The first kappa shape index (κ1) is 16.5. The summed E-state index contributed by atoms with van der Waals surface area (Å²) < 4.78 is 31.6. The molecule has 0 fully saturated rings. The van der Waals surface area contributed by atoms with Crippen LogP contribution in [0.1, 0.15) is 11.1 Å². The molecule has 2 aromatic carbocycles. The largest absolute Gasteiger partial charge is 0.493 e. The molecule has 4 rings (SSSR count). The summed E-state index contributed by atoms with van der Waals surface area (Å²) in [7, 11) is -3.64. The number of benzene rings is 2. The molecule has 0 amide bonds. The monoisotopic (exact) mass is 367 g/mol. The maximum absolute atomic E-state index is 13.1. The van der Waals surface area contributed by atoms with Gasteiger partial charge in [-0.1, -0.05) is 6.07 Å². The fraction of sp³-hybridized carbons (Fsp3) is 0.158. The Morgan fingerprint density at radius 2 is 1.73 bits per heavy atom. The number of nitrogens with zero attached hydrogens (tertiary/aromatic N) is 2. The van der Waals surface area contributed by atoms with Gasteiger partial charge in [0.1, 0.15) is 5.75 Å². The fourth-order valence-corrected chi connectivity index (χ4v) is 4.36. The highest BCUT2D eigenvalue weighted by Gasteiger charge is 2.22. The zero-order valence-electron chi connectivity index (χ0n) is 14.1. The Morgan fingerprint density at radius 3 is 2.50 bits per heavy atom. The van der Waals surface area contributed by atoms with E-state index in [4.69, 9.17) is 10.5 Å². The van der Waals surface area contributed by atoms with E-state index in [-0.39, 0.29) is 15.7 Å². The molecule has 0 aliphatic carbocycles. The average Bonchev–Trinajstić information content (AvgIpc) is 3.10. The van der Waals surface area contributed by atoms with Gasteiger partial charge in [-0.25, -0.2) is 18.4 Å². The Hall–Kier alpha value is -2.93. The van der Waals surface area contributed by atoms with Crippen molar-refractivity contribution in [2.75, 3.05) is 12.3 Å². The van der Waals surface area contributed by atoms with Crippen LogP contribution < -0.4 is 10.5 Å². The molecule has 1 aliphatic rings. The van der Waals surface area contributed by atoms with Gasteiger partial charge in [0, 0.05) is 24.4 Å². The molecule has 0 atom stereocenters. The highest BCUT2D eigenvalue weighted by atomic mass is 32.2. The van der Waals surface area contributed by atoms with E-state index in [0.29, 0.717) is 6.61 Å². The number of sulfone groups is 1. The second kappa shape index (κ2) is 6.10. The number of hydrogen-bond acceptors (Lipinski definition) is 6. The summed E-state index contributed by atoms with van der Waals surface area (Å²) in [6.45, 7) is 2.50. The van der Waals surface area contributed by atoms with Crippen molar-refractivity contribution in [1.82, 2.24) is 9.97 Å². The molecule has 2 heterocycles. The van der Waals surface area contributed by atoms with Crippen LogP contribution in [0.25, 0.3) is 11.1 Å². The van der Waals surface area contributed by atoms with Crippen LogP contribution in [0.3, 0.4) is 0 Å². The van der Waals surface area contributed by atoms with Crippen molar-refractivity contribution in [3.8, 4) is 16.9 Å². The third kappa shape index (κ3) is 2.80. The number of fused-ring (bicyclic) bond motifs is 1. The molecule has 0 radical (unpaired) electrons. The van der Waals surface area contributed by atoms with E-state index >= 15 is 0 Å². The summed E-state index contributed by atoms with van der Waals surface area (Å²) in [5, 5.41) is 0. The number of ether oxygens (including phenoxy) is 1. The number of rotatable bonds is 3. The maximum atomic E-state index is 13.1. The topological polar surface area (TPSA) is 95.2 Å². The molecular formula is C19H17N3O3S. The van der Waals surface area contributed by atoms with Crippen LogP contribution in [-0.2, 0) is 16.3 Å². The second-order valence-corrected chi connectivity index (χ2v) is 8.13. The van der Waals surface area contributed by atoms with Gasteiger partial charge in [-0.2, -0.15) is 0 Å². The SMILES string of the molecule is Cc1ccc(S(=O)(=O)c2ccc3c(c2)CCO3)cc1-c1cnc(N)nc1. The lowest BCUT2D eigenvalue weighted by Crippen LogP contribution is -2.03. The van der Waals surface area contributed by atoms with Crippen molar-refractivity contribution in [3.05, 3.63) is 59.9 Å². The normalized spacial score (nSPS) is 13.3. The lowest BCUT2D eigenvalue weighted by molar-refractivity contribution is 0.356. The van der Waals surface area contributed by atoms with E-state index in [1.165, 1.54) is 0 Å². The average molecular weight is 367 g/mol. The Bertz CT molecular complexity index is 1090. The first-order valence-electron chi connectivity index (χ1n) is 8.14. The number of hydrogen-bond donors (Lipinski definition) is 1. The predicted molar refractivity (Wildman–Crippen MR) is 97.7 cm³/mol. The van der Waals surface area contributed by atoms with Crippen molar-refractivity contribution in [2.45, 2.75) is 23.1 Å². The van der Waals surface area contributed by atoms with E-state index in [0.717, 1.165) is 34.4 Å². The highest BCUT2D eigenvalue weighted by Crippen LogP contribution is 2.32. The third-order valence-corrected chi connectivity index (χ3v) is 6.22. The van der Waals surface area contributed by atoms with Gasteiger partial charge in [0.25, 0.3) is 0 Å². The third-order valence-electron chi connectivity index (χ3n) is 4.47. The molecule has 2 N–H and O–H groups in total. The van der Waals surface area contributed by atoms with Crippen LogP contribution in [0.5, 0.6) is 5.75 Å². The molecule has 0 saturated heterocycles. The Labute approximate surface area is 151 Å². The van der Waals surface area contributed by atoms with Gasteiger partial charge in [0.05, 0.1) is 16.4 Å². The molecule has 1 aliphatic heterocycles. The quantitative estimate of drug-likeness (QED) is 0.765. The molecule has 0 unspecified atom stereocenters. The molecule has 132 valence electrons. The number of aryl methyl sites for hydroxylation is 1. The van der Waals surface area contributed by atoms with Crippen LogP contribution in [0.15, 0.2) is 58.6 Å². The second-order valence-electron chi connectivity index (χ2n) is 6.18. The van der Waals surface area contributed by atoms with Crippen molar-refractivity contribution >= 4 is 15.8 Å². The lowest BCUT2D eigenvalue weighted by atomic mass is 10.0. The van der Waals surface area contributed by atoms with Crippen LogP contribution in [0.2, 0.25) is 0 Å². The molecule has 0 spiro atoms. The van der Waals surface area contributed by atoms with Gasteiger partial charge < -0.3 is 10.5 Å².